The number of ether oxygens (including phenoxy) is 1. The lowest BCUT2D eigenvalue weighted by Gasteiger charge is -2.31. The number of fused-ring (bicyclic) bond motifs is 1. The molecule has 3 heterocycles. The van der Waals surface area contributed by atoms with Gasteiger partial charge in [-0.2, -0.15) is 5.10 Å². The lowest BCUT2D eigenvalue weighted by molar-refractivity contribution is 0.0316. The highest BCUT2D eigenvalue weighted by Crippen LogP contribution is 2.22. The first kappa shape index (κ1) is 22.6. The van der Waals surface area contributed by atoms with E-state index in [9.17, 15) is 4.79 Å². The summed E-state index contributed by atoms with van der Waals surface area (Å²) in [6, 6.07) is 12.5. The van der Waals surface area contributed by atoms with Crippen LogP contribution >= 0.6 is 0 Å². The monoisotopic (exact) mass is 437 g/mol. The van der Waals surface area contributed by atoms with Gasteiger partial charge in [0.15, 0.2) is 0 Å². The van der Waals surface area contributed by atoms with Crippen LogP contribution in [-0.2, 0) is 23.9 Å². The number of aromatic nitrogens is 3. The third kappa shape index (κ3) is 4.74. The Morgan fingerprint density at radius 2 is 1.88 bits per heavy atom. The summed E-state index contributed by atoms with van der Waals surface area (Å²) in [5, 5.41) is 5.83. The standard InChI is InChI=1S/C25H35N5O2/c1-19-16-23(30(26-19)25(2,3)4)24(31)29(11-10-28-12-14-32-15-13-28)18-21-17-20-8-6-7-9-22(20)27(21)5/h6-9,16-17H,10-15,18H2,1-5H3. The summed E-state index contributed by atoms with van der Waals surface area (Å²) in [5.74, 6) is 0.0269. The molecule has 3 aromatic rings. The molecule has 0 N–H and O–H groups in total. The molecule has 1 amide bonds. The van der Waals surface area contributed by atoms with Gasteiger partial charge in [-0.05, 0) is 51.3 Å². The molecule has 0 unspecified atom stereocenters. The smallest absolute Gasteiger partial charge is 0.272 e. The van der Waals surface area contributed by atoms with Crippen molar-refractivity contribution in [3.05, 3.63) is 53.5 Å². The van der Waals surface area contributed by atoms with Gasteiger partial charge in [-0.3, -0.25) is 14.4 Å². The van der Waals surface area contributed by atoms with Crippen molar-refractivity contribution in [3.8, 4) is 0 Å². The van der Waals surface area contributed by atoms with E-state index in [1.165, 1.54) is 10.9 Å². The Bertz CT molecular complexity index is 1090. The van der Waals surface area contributed by atoms with E-state index >= 15 is 0 Å². The van der Waals surface area contributed by atoms with Gasteiger partial charge in [0.25, 0.3) is 5.91 Å². The third-order valence-electron chi connectivity index (χ3n) is 6.17. The fourth-order valence-electron chi connectivity index (χ4n) is 4.36. The number of para-hydroxylation sites is 1. The van der Waals surface area contributed by atoms with E-state index in [4.69, 9.17) is 4.74 Å². The second-order valence-corrected chi connectivity index (χ2v) is 9.69. The van der Waals surface area contributed by atoms with E-state index in [1.54, 1.807) is 0 Å². The topological polar surface area (TPSA) is 55.5 Å². The molecule has 2 aromatic heterocycles. The number of hydrogen-bond acceptors (Lipinski definition) is 4. The number of carbonyl (C=O) groups excluding carboxylic acids is 1. The summed E-state index contributed by atoms with van der Waals surface area (Å²) >= 11 is 0. The van der Waals surface area contributed by atoms with E-state index in [0.29, 0.717) is 18.8 Å². The maximum atomic E-state index is 13.8. The first-order valence-electron chi connectivity index (χ1n) is 11.4. The van der Waals surface area contributed by atoms with E-state index in [2.05, 4.69) is 72.7 Å². The number of amides is 1. The molecule has 0 spiro atoms. The van der Waals surface area contributed by atoms with Crippen LogP contribution in [0.4, 0.5) is 0 Å². The number of benzene rings is 1. The van der Waals surface area contributed by atoms with Gasteiger partial charge in [-0.25, -0.2) is 0 Å². The maximum absolute atomic E-state index is 13.8. The van der Waals surface area contributed by atoms with Crippen LogP contribution in [0.2, 0.25) is 0 Å². The molecule has 1 aliphatic heterocycles. The molecule has 1 aliphatic rings. The van der Waals surface area contributed by atoms with Crippen LogP contribution in [0.3, 0.4) is 0 Å². The molecule has 0 saturated carbocycles. The number of aryl methyl sites for hydroxylation is 2. The van der Waals surface area contributed by atoms with Gasteiger partial charge in [0.05, 0.1) is 31.0 Å². The molecular formula is C25H35N5O2. The second-order valence-electron chi connectivity index (χ2n) is 9.69. The fourth-order valence-corrected chi connectivity index (χ4v) is 4.36. The molecule has 4 rings (SSSR count). The molecule has 0 radical (unpaired) electrons. The molecule has 1 fully saturated rings. The Morgan fingerprint density at radius 1 is 1.16 bits per heavy atom. The maximum Gasteiger partial charge on any atom is 0.272 e. The molecule has 0 bridgehead atoms. The summed E-state index contributed by atoms with van der Waals surface area (Å²) in [5.41, 5.74) is 3.55. The average molecular weight is 438 g/mol. The summed E-state index contributed by atoms with van der Waals surface area (Å²) < 4.78 is 9.55. The van der Waals surface area contributed by atoms with Gasteiger partial charge in [0, 0.05) is 44.4 Å². The van der Waals surface area contributed by atoms with E-state index < -0.39 is 0 Å². The zero-order valence-electron chi connectivity index (χ0n) is 20.0. The molecule has 1 saturated heterocycles. The summed E-state index contributed by atoms with van der Waals surface area (Å²) in [7, 11) is 2.08. The van der Waals surface area contributed by atoms with Crippen molar-refractivity contribution in [2.24, 2.45) is 7.05 Å². The minimum atomic E-state index is -0.269. The quantitative estimate of drug-likeness (QED) is 0.593. The van der Waals surface area contributed by atoms with E-state index in [0.717, 1.165) is 44.2 Å². The minimum absolute atomic E-state index is 0.0269. The zero-order valence-corrected chi connectivity index (χ0v) is 20.0. The van der Waals surface area contributed by atoms with Crippen molar-refractivity contribution in [1.82, 2.24) is 24.1 Å². The highest BCUT2D eigenvalue weighted by Gasteiger charge is 2.27. The van der Waals surface area contributed by atoms with Crippen LogP contribution in [0, 0.1) is 6.92 Å². The lowest BCUT2D eigenvalue weighted by atomic mass is 10.1. The Hall–Kier alpha value is -2.64. The molecule has 1 aromatic carbocycles. The first-order chi connectivity index (χ1) is 15.2. The number of morpholine rings is 1. The molecule has 7 nitrogen and oxygen atoms in total. The Kier molecular flexibility index (Phi) is 6.40. The first-order valence-corrected chi connectivity index (χ1v) is 11.4. The van der Waals surface area contributed by atoms with Crippen molar-refractivity contribution in [3.63, 3.8) is 0 Å². The average Bonchev–Trinajstić information content (AvgIpc) is 3.32. The number of nitrogens with zero attached hydrogens (tertiary/aromatic N) is 5. The Balaban J connectivity index is 1.64. The molecule has 0 aliphatic carbocycles. The minimum Gasteiger partial charge on any atom is -0.379 e. The summed E-state index contributed by atoms with van der Waals surface area (Å²) in [6.45, 7) is 13.6. The van der Waals surface area contributed by atoms with Crippen molar-refractivity contribution < 1.29 is 9.53 Å². The second kappa shape index (κ2) is 9.08. The fraction of sp³-hybridized carbons (Fsp3) is 0.520. The van der Waals surface area contributed by atoms with Crippen LogP contribution < -0.4 is 0 Å². The van der Waals surface area contributed by atoms with Crippen LogP contribution in [0.1, 0.15) is 42.6 Å². The number of hydrogen-bond donors (Lipinski definition) is 0. The highest BCUT2D eigenvalue weighted by molar-refractivity contribution is 5.93. The number of rotatable bonds is 6. The van der Waals surface area contributed by atoms with Crippen LogP contribution in [-0.4, -0.2) is 69.4 Å². The lowest BCUT2D eigenvalue weighted by Crippen LogP contribution is -2.43. The van der Waals surface area contributed by atoms with Gasteiger partial charge >= 0.3 is 0 Å². The van der Waals surface area contributed by atoms with Gasteiger partial charge in [0.2, 0.25) is 0 Å². The number of carbonyl (C=O) groups is 1. The molecule has 0 atom stereocenters. The predicted molar refractivity (Wildman–Crippen MR) is 127 cm³/mol. The SMILES string of the molecule is Cc1cc(C(=O)N(CCN2CCOCC2)Cc2cc3ccccc3n2C)n(C(C)(C)C)n1. The van der Waals surface area contributed by atoms with Crippen molar-refractivity contribution in [2.75, 3.05) is 39.4 Å². The Labute approximate surface area is 190 Å². The zero-order chi connectivity index (χ0) is 22.9. The molecule has 7 heteroatoms. The van der Waals surface area contributed by atoms with E-state index in [-0.39, 0.29) is 11.4 Å². The molecular weight excluding hydrogens is 402 g/mol. The van der Waals surface area contributed by atoms with Gasteiger partial charge in [-0.15, -0.1) is 0 Å². The van der Waals surface area contributed by atoms with Crippen molar-refractivity contribution in [2.45, 2.75) is 39.8 Å². The largest absolute Gasteiger partial charge is 0.379 e. The molecule has 32 heavy (non-hydrogen) atoms. The van der Waals surface area contributed by atoms with Crippen molar-refractivity contribution in [1.29, 1.82) is 0 Å². The highest BCUT2D eigenvalue weighted by atomic mass is 16.5. The predicted octanol–water partition coefficient (Wildman–Crippen LogP) is 3.41. The Morgan fingerprint density at radius 3 is 2.56 bits per heavy atom. The normalized spacial score (nSPS) is 15.4. The summed E-state index contributed by atoms with van der Waals surface area (Å²) in [6.07, 6.45) is 0. The van der Waals surface area contributed by atoms with E-state index in [1.807, 2.05) is 22.6 Å². The van der Waals surface area contributed by atoms with Crippen LogP contribution in [0.5, 0.6) is 0 Å². The summed E-state index contributed by atoms with van der Waals surface area (Å²) in [4.78, 5) is 18.2. The van der Waals surface area contributed by atoms with Crippen LogP contribution in [0.15, 0.2) is 36.4 Å². The molecule has 172 valence electrons. The van der Waals surface area contributed by atoms with Gasteiger partial charge in [-0.1, -0.05) is 18.2 Å². The van der Waals surface area contributed by atoms with Gasteiger partial charge < -0.3 is 14.2 Å². The van der Waals surface area contributed by atoms with Crippen molar-refractivity contribution >= 4 is 16.8 Å². The van der Waals surface area contributed by atoms with Gasteiger partial charge in [0.1, 0.15) is 5.69 Å². The third-order valence-corrected chi connectivity index (χ3v) is 6.17. The van der Waals surface area contributed by atoms with Crippen LogP contribution in [0.25, 0.3) is 10.9 Å².